The van der Waals surface area contributed by atoms with Gasteiger partial charge in [0.05, 0.1) is 12.2 Å². The fourth-order valence-electron chi connectivity index (χ4n) is 1.43. The summed E-state index contributed by atoms with van der Waals surface area (Å²) >= 11 is 4.64. The van der Waals surface area contributed by atoms with Crippen LogP contribution in [0.3, 0.4) is 0 Å². The van der Waals surface area contributed by atoms with Crippen LogP contribution in [0.2, 0.25) is 0 Å². The van der Waals surface area contributed by atoms with E-state index in [0.29, 0.717) is 6.42 Å². The van der Waals surface area contributed by atoms with E-state index in [0.717, 1.165) is 6.42 Å². The molecule has 80 valence electrons. The summed E-state index contributed by atoms with van der Waals surface area (Å²) in [5, 5.41) is 0. The summed E-state index contributed by atoms with van der Waals surface area (Å²) in [5.74, 6) is 0. The third kappa shape index (κ3) is 3.30. The van der Waals surface area contributed by atoms with Gasteiger partial charge in [0.15, 0.2) is 0 Å². The zero-order valence-corrected chi connectivity index (χ0v) is 9.92. The van der Waals surface area contributed by atoms with Crippen molar-refractivity contribution in [3.05, 3.63) is 0 Å². The number of ether oxygens (including phenoxy) is 1. The lowest BCUT2D eigenvalue weighted by molar-refractivity contribution is -0.209. The SMILES string of the molecule is [B][C@H]1CC(OP([O-])(=S)OC)[C@@H](CC)O1. The Morgan fingerprint density at radius 2 is 2.36 bits per heavy atom. The largest absolute Gasteiger partial charge is 0.780 e. The predicted molar refractivity (Wildman–Crippen MR) is 55.5 cm³/mol. The predicted octanol–water partition coefficient (Wildman–Crippen LogP) is 0.296. The molecule has 14 heavy (non-hydrogen) atoms. The van der Waals surface area contributed by atoms with Crippen LogP contribution in [0, 0.1) is 0 Å². The molecular formula is C7H13BO4PS-. The van der Waals surface area contributed by atoms with E-state index < -0.39 is 6.72 Å². The number of hydrogen-bond acceptors (Lipinski definition) is 5. The molecule has 0 aromatic heterocycles. The molecule has 7 heteroatoms. The second-order valence-electron chi connectivity index (χ2n) is 3.13. The van der Waals surface area contributed by atoms with Gasteiger partial charge >= 0.3 is 0 Å². The second-order valence-corrected chi connectivity index (χ2v) is 5.94. The zero-order valence-electron chi connectivity index (χ0n) is 8.21. The van der Waals surface area contributed by atoms with E-state index in [2.05, 4.69) is 16.3 Å². The molecule has 2 unspecified atom stereocenters. The van der Waals surface area contributed by atoms with Gasteiger partial charge < -0.3 is 18.7 Å². The molecular weight excluding hydrogens is 222 g/mol. The Kier molecular flexibility index (Phi) is 4.56. The lowest BCUT2D eigenvalue weighted by atomic mass is 9.96. The fraction of sp³-hybridized carbons (Fsp3) is 1.00. The van der Waals surface area contributed by atoms with Crippen LogP contribution in [-0.4, -0.2) is 33.2 Å². The molecule has 0 N–H and O–H groups in total. The minimum atomic E-state index is -3.35. The Bertz CT molecular complexity index is 240. The van der Waals surface area contributed by atoms with Crippen LogP contribution in [0.4, 0.5) is 0 Å². The summed E-state index contributed by atoms with van der Waals surface area (Å²) in [6, 6.07) is -0.364. The monoisotopic (exact) mass is 235 g/mol. The molecule has 1 aliphatic heterocycles. The highest BCUT2D eigenvalue weighted by atomic mass is 32.5. The molecule has 2 radical (unpaired) electrons. The quantitative estimate of drug-likeness (QED) is 0.518. The van der Waals surface area contributed by atoms with Gasteiger partial charge in [-0.25, -0.2) is 0 Å². The molecule has 0 aromatic rings. The van der Waals surface area contributed by atoms with Gasteiger partial charge in [-0.1, -0.05) is 18.7 Å². The molecule has 0 amide bonds. The Morgan fingerprint density at radius 1 is 1.71 bits per heavy atom. The molecule has 0 aromatic carbocycles. The summed E-state index contributed by atoms with van der Waals surface area (Å²) in [6.45, 7) is -1.41. The van der Waals surface area contributed by atoms with Crippen LogP contribution in [0.25, 0.3) is 0 Å². The summed E-state index contributed by atoms with van der Waals surface area (Å²) in [6.07, 6.45) is 0.787. The van der Waals surface area contributed by atoms with Gasteiger partial charge in [0, 0.05) is 13.1 Å². The first-order chi connectivity index (χ1) is 6.48. The molecule has 0 bridgehead atoms. The highest BCUT2D eigenvalue weighted by Crippen LogP contribution is 2.42. The van der Waals surface area contributed by atoms with Crippen LogP contribution in [-0.2, 0) is 25.6 Å². The molecule has 1 heterocycles. The molecule has 1 rings (SSSR count). The average molecular weight is 235 g/mol. The van der Waals surface area contributed by atoms with Gasteiger partial charge in [-0.3, -0.25) is 0 Å². The Hall–Kier alpha value is 0.555. The third-order valence-corrected chi connectivity index (χ3v) is 3.80. The standard InChI is InChI=1S/C7H14BO4PS/c1-3-5-6(4-7(8)11-5)12-13(9,14)10-2/h5-7H,3-4H2,1-2H3,(H,9,14)/p-1/t5-,6?,7-,13?/m1/s1. The van der Waals surface area contributed by atoms with Gasteiger partial charge in [0.1, 0.15) is 14.6 Å². The first-order valence-electron chi connectivity index (χ1n) is 4.44. The third-order valence-electron chi connectivity index (χ3n) is 2.12. The Labute approximate surface area is 90.6 Å². The van der Waals surface area contributed by atoms with Crippen molar-refractivity contribution in [2.45, 2.75) is 38.0 Å². The first kappa shape index (κ1) is 12.6. The van der Waals surface area contributed by atoms with E-state index in [1.165, 1.54) is 7.11 Å². The van der Waals surface area contributed by atoms with Crippen LogP contribution in [0.1, 0.15) is 19.8 Å². The van der Waals surface area contributed by atoms with Crippen LogP contribution < -0.4 is 4.89 Å². The maximum atomic E-state index is 11.4. The summed E-state index contributed by atoms with van der Waals surface area (Å²) in [4.78, 5) is 11.4. The molecule has 0 spiro atoms. The summed E-state index contributed by atoms with van der Waals surface area (Å²) in [7, 11) is 6.85. The molecule has 0 saturated carbocycles. The Balaban J connectivity index is 2.55. The van der Waals surface area contributed by atoms with Gasteiger partial charge in [-0.2, -0.15) is 0 Å². The molecule has 4 atom stereocenters. The number of rotatable bonds is 4. The molecule has 1 fully saturated rings. The van der Waals surface area contributed by atoms with Crippen molar-refractivity contribution < 1.29 is 18.7 Å². The number of hydrogen-bond donors (Lipinski definition) is 0. The first-order valence-corrected chi connectivity index (χ1v) is 7.00. The van der Waals surface area contributed by atoms with Crippen molar-refractivity contribution >= 4 is 26.4 Å². The Morgan fingerprint density at radius 3 is 2.86 bits per heavy atom. The maximum Gasteiger partial charge on any atom is 0.115 e. The van der Waals surface area contributed by atoms with E-state index >= 15 is 0 Å². The van der Waals surface area contributed by atoms with Crippen molar-refractivity contribution in [1.82, 2.24) is 0 Å². The molecule has 4 nitrogen and oxygen atoms in total. The minimum absolute atomic E-state index is 0.142. The van der Waals surface area contributed by atoms with Crippen molar-refractivity contribution in [2.75, 3.05) is 7.11 Å². The van der Waals surface area contributed by atoms with Crippen LogP contribution in [0.15, 0.2) is 0 Å². The van der Waals surface area contributed by atoms with E-state index in [1.54, 1.807) is 0 Å². The van der Waals surface area contributed by atoms with Crippen molar-refractivity contribution in [3.63, 3.8) is 0 Å². The average Bonchev–Trinajstić information content (AvgIpc) is 2.45. The highest BCUT2D eigenvalue weighted by Gasteiger charge is 2.33. The van der Waals surface area contributed by atoms with Crippen molar-refractivity contribution in [3.8, 4) is 0 Å². The highest BCUT2D eigenvalue weighted by molar-refractivity contribution is 8.06. The van der Waals surface area contributed by atoms with Gasteiger partial charge in [0.2, 0.25) is 0 Å². The normalized spacial score (nSPS) is 36.9. The summed E-state index contributed by atoms with van der Waals surface area (Å²) in [5.41, 5.74) is 0. The maximum absolute atomic E-state index is 11.4. The minimum Gasteiger partial charge on any atom is -0.780 e. The van der Waals surface area contributed by atoms with E-state index in [9.17, 15) is 4.89 Å². The fourth-order valence-corrected chi connectivity index (χ4v) is 2.40. The summed E-state index contributed by atoms with van der Waals surface area (Å²) < 4.78 is 15.1. The lowest BCUT2D eigenvalue weighted by Crippen LogP contribution is -2.25. The van der Waals surface area contributed by atoms with E-state index in [-0.39, 0.29) is 18.2 Å². The zero-order chi connectivity index (χ0) is 10.8. The smallest absolute Gasteiger partial charge is 0.115 e. The van der Waals surface area contributed by atoms with Gasteiger partial charge in [-0.05, 0) is 12.8 Å². The van der Waals surface area contributed by atoms with E-state index in [4.69, 9.17) is 17.1 Å². The van der Waals surface area contributed by atoms with Gasteiger partial charge in [0.25, 0.3) is 0 Å². The van der Waals surface area contributed by atoms with Crippen LogP contribution >= 0.6 is 6.72 Å². The molecule has 1 saturated heterocycles. The second kappa shape index (κ2) is 5.06. The van der Waals surface area contributed by atoms with Gasteiger partial charge in [-0.15, -0.1) is 0 Å². The van der Waals surface area contributed by atoms with Crippen molar-refractivity contribution in [2.24, 2.45) is 0 Å². The molecule has 0 aliphatic carbocycles. The topological polar surface area (TPSA) is 50.8 Å². The van der Waals surface area contributed by atoms with E-state index in [1.807, 2.05) is 6.92 Å². The molecule has 1 aliphatic rings. The van der Waals surface area contributed by atoms with Crippen LogP contribution in [0.5, 0.6) is 0 Å². The van der Waals surface area contributed by atoms with Crippen molar-refractivity contribution in [1.29, 1.82) is 0 Å². The lowest BCUT2D eigenvalue weighted by Gasteiger charge is -2.30.